The molecule has 0 unspecified atom stereocenters. The second kappa shape index (κ2) is 11.7. The Morgan fingerprint density at radius 1 is 1.10 bits per heavy atom. The van der Waals surface area contributed by atoms with Gasteiger partial charge in [0.05, 0.1) is 16.7 Å². The van der Waals surface area contributed by atoms with Gasteiger partial charge in [0.25, 0.3) is 5.91 Å². The summed E-state index contributed by atoms with van der Waals surface area (Å²) in [5, 5.41) is 13.2. The third-order valence-corrected chi connectivity index (χ3v) is 4.86. The fraction of sp³-hybridized carbons (Fsp3) is 0.273. The number of nitriles is 1. The van der Waals surface area contributed by atoms with Crippen LogP contribution in [-0.4, -0.2) is 12.5 Å². The van der Waals surface area contributed by atoms with Gasteiger partial charge in [0.2, 0.25) is 0 Å². The zero-order valence-electron chi connectivity index (χ0n) is 16.0. The number of ether oxygens (including phenoxy) is 1. The minimum Gasteiger partial charge on any atom is -0.490 e. The average molecular weight is 452 g/mol. The van der Waals surface area contributed by atoms with Crippen molar-refractivity contribution in [2.24, 2.45) is 0 Å². The largest absolute Gasteiger partial charge is 0.490 e. The van der Waals surface area contributed by atoms with E-state index in [4.69, 9.17) is 39.5 Å². The number of amides is 1. The molecule has 0 aliphatic carbocycles. The molecule has 0 radical (unpaired) electrons. The van der Waals surface area contributed by atoms with Gasteiger partial charge in [-0.2, -0.15) is 5.26 Å². The first-order valence-corrected chi connectivity index (χ1v) is 10.4. The van der Waals surface area contributed by atoms with E-state index in [-0.39, 0.29) is 5.57 Å². The van der Waals surface area contributed by atoms with Crippen molar-refractivity contribution < 1.29 is 9.53 Å². The van der Waals surface area contributed by atoms with Gasteiger partial charge in [-0.3, -0.25) is 4.79 Å². The summed E-state index contributed by atoms with van der Waals surface area (Å²) in [5.41, 5.74) is 0.977. The van der Waals surface area contributed by atoms with Crippen LogP contribution in [0.3, 0.4) is 0 Å². The SMILES string of the molecule is CCCCCCOc1c(Cl)cc(/C=C(/C#N)C(=O)Nc2ccc(Cl)cc2)cc1Cl. The lowest BCUT2D eigenvalue weighted by molar-refractivity contribution is -0.112. The molecule has 0 aromatic heterocycles. The Morgan fingerprint density at radius 3 is 2.34 bits per heavy atom. The van der Waals surface area contributed by atoms with Gasteiger partial charge in [0.15, 0.2) is 5.75 Å². The number of hydrogen-bond acceptors (Lipinski definition) is 3. The minimum atomic E-state index is -0.543. The van der Waals surface area contributed by atoms with Crippen LogP contribution in [0.2, 0.25) is 15.1 Å². The molecule has 0 aliphatic rings. The summed E-state index contributed by atoms with van der Waals surface area (Å²) >= 11 is 18.4. The van der Waals surface area contributed by atoms with Crippen molar-refractivity contribution in [1.82, 2.24) is 0 Å². The van der Waals surface area contributed by atoms with Crippen LogP contribution in [0.5, 0.6) is 5.75 Å². The molecule has 0 saturated heterocycles. The molecule has 1 amide bonds. The molecular weight excluding hydrogens is 431 g/mol. The molecule has 152 valence electrons. The van der Waals surface area contributed by atoms with E-state index in [1.165, 1.54) is 6.08 Å². The molecular formula is C22H21Cl3N2O2. The average Bonchev–Trinajstić information content (AvgIpc) is 2.69. The van der Waals surface area contributed by atoms with Gasteiger partial charge in [-0.25, -0.2) is 0 Å². The number of anilines is 1. The van der Waals surface area contributed by atoms with Crippen molar-refractivity contribution in [1.29, 1.82) is 5.26 Å². The van der Waals surface area contributed by atoms with Crippen LogP contribution in [0.1, 0.15) is 38.2 Å². The summed E-state index contributed by atoms with van der Waals surface area (Å²) < 4.78 is 5.70. The number of nitrogens with one attached hydrogen (secondary N) is 1. The molecule has 0 aliphatic heterocycles. The van der Waals surface area contributed by atoms with Crippen LogP contribution in [0.15, 0.2) is 42.0 Å². The lowest BCUT2D eigenvalue weighted by Crippen LogP contribution is -2.13. The third kappa shape index (κ3) is 7.29. The molecule has 2 rings (SSSR count). The summed E-state index contributed by atoms with van der Waals surface area (Å²) in [6.45, 7) is 2.67. The van der Waals surface area contributed by atoms with Gasteiger partial charge in [-0.15, -0.1) is 0 Å². The first kappa shape index (κ1) is 23.1. The number of carbonyl (C=O) groups is 1. The number of nitrogens with zero attached hydrogens (tertiary/aromatic N) is 1. The monoisotopic (exact) mass is 450 g/mol. The molecule has 0 bridgehead atoms. The molecule has 0 spiro atoms. The van der Waals surface area contributed by atoms with E-state index >= 15 is 0 Å². The molecule has 2 aromatic rings. The zero-order chi connectivity index (χ0) is 21.2. The van der Waals surface area contributed by atoms with E-state index in [0.29, 0.717) is 38.7 Å². The Morgan fingerprint density at radius 2 is 1.76 bits per heavy atom. The van der Waals surface area contributed by atoms with Gasteiger partial charge in [0, 0.05) is 10.7 Å². The Labute approximate surface area is 186 Å². The van der Waals surface area contributed by atoms with E-state index < -0.39 is 5.91 Å². The first-order chi connectivity index (χ1) is 13.9. The number of hydrogen-bond donors (Lipinski definition) is 1. The highest BCUT2D eigenvalue weighted by atomic mass is 35.5. The maximum Gasteiger partial charge on any atom is 0.266 e. The first-order valence-electron chi connectivity index (χ1n) is 9.25. The highest BCUT2D eigenvalue weighted by molar-refractivity contribution is 6.37. The molecule has 1 N–H and O–H groups in total. The predicted octanol–water partition coefficient (Wildman–Crippen LogP) is 7.15. The summed E-state index contributed by atoms with van der Waals surface area (Å²) in [6, 6.07) is 11.7. The van der Waals surface area contributed by atoms with Gasteiger partial charge in [0.1, 0.15) is 11.6 Å². The van der Waals surface area contributed by atoms with E-state index in [1.54, 1.807) is 36.4 Å². The molecule has 0 saturated carbocycles. The minimum absolute atomic E-state index is 0.0830. The van der Waals surface area contributed by atoms with Crippen molar-refractivity contribution >= 4 is 52.5 Å². The van der Waals surface area contributed by atoms with Crippen LogP contribution in [0, 0.1) is 11.3 Å². The Bertz CT molecular complexity index is 896. The quantitative estimate of drug-likeness (QED) is 0.250. The molecule has 29 heavy (non-hydrogen) atoms. The second-order valence-electron chi connectivity index (χ2n) is 6.35. The van der Waals surface area contributed by atoms with Crippen molar-refractivity contribution in [3.63, 3.8) is 0 Å². The molecule has 2 aromatic carbocycles. The standard InChI is InChI=1S/C22H21Cl3N2O2/c1-2-3-4-5-10-29-21-19(24)12-15(13-20(21)25)11-16(14-26)22(28)27-18-8-6-17(23)7-9-18/h6-9,11-13H,2-5,10H2,1H3,(H,27,28)/b16-11-. The molecule has 7 heteroatoms. The van der Waals surface area contributed by atoms with Crippen molar-refractivity contribution in [3.05, 3.63) is 62.6 Å². The van der Waals surface area contributed by atoms with Gasteiger partial charge in [-0.05, 0) is 54.5 Å². The lowest BCUT2D eigenvalue weighted by atomic mass is 10.1. The summed E-state index contributed by atoms with van der Waals surface area (Å²) in [6.07, 6.45) is 5.74. The van der Waals surface area contributed by atoms with Crippen LogP contribution < -0.4 is 10.1 Å². The second-order valence-corrected chi connectivity index (χ2v) is 7.60. The number of rotatable bonds is 9. The van der Waals surface area contributed by atoms with Gasteiger partial charge < -0.3 is 10.1 Å². The smallest absolute Gasteiger partial charge is 0.266 e. The summed E-state index contributed by atoms with van der Waals surface area (Å²) in [7, 11) is 0. The highest BCUT2D eigenvalue weighted by Crippen LogP contribution is 2.35. The maximum atomic E-state index is 12.4. The normalized spacial score (nSPS) is 11.1. The van der Waals surface area contributed by atoms with Crippen molar-refractivity contribution in [2.45, 2.75) is 32.6 Å². The van der Waals surface area contributed by atoms with E-state index in [1.807, 2.05) is 6.07 Å². The zero-order valence-corrected chi connectivity index (χ0v) is 18.2. The summed E-state index contributed by atoms with van der Waals surface area (Å²) in [5.74, 6) is -0.135. The number of unbranched alkanes of at least 4 members (excludes halogenated alkanes) is 3. The van der Waals surface area contributed by atoms with Crippen LogP contribution in [-0.2, 0) is 4.79 Å². The van der Waals surface area contributed by atoms with Crippen LogP contribution in [0.4, 0.5) is 5.69 Å². The molecule has 4 nitrogen and oxygen atoms in total. The van der Waals surface area contributed by atoms with Gasteiger partial charge >= 0.3 is 0 Å². The van der Waals surface area contributed by atoms with E-state index in [0.717, 1.165) is 25.7 Å². The van der Waals surface area contributed by atoms with E-state index in [9.17, 15) is 10.1 Å². The van der Waals surface area contributed by atoms with Crippen LogP contribution in [0.25, 0.3) is 6.08 Å². The molecule has 0 atom stereocenters. The fourth-order valence-corrected chi connectivity index (χ4v) is 3.29. The molecule has 0 heterocycles. The maximum absolute atomic E-state index is 12.4. The fourth-order valence-electron chi connectivity index (χ4n) is 2.55. The van der Waals surface area contributed by atoms with Gasteiger partial charge in [-0.1, -0.05) is 61.0 Å². The van der Waals surface area contributed by atoms with E-state index in [2.05, 4.69) is 12.2 Å². The lowest BCUT2D eigenvalue weighted by Gasteiger charge is -2.11. The third-order valence-electron chi connectivity index (χ3n) is 4.04. The number of carbonyl (C=O) groups excluding carboxylic acids is 1. The Kier molecular flexibility index (Phi) is 9.34. The Balaban J connectivity index is 2.11. The number of halogens is 3. The summed E-state index contributed by atoms with van der Waals surface area (Å²) in [4.78, 5) is 12.4. The predicted molar refractivity (Wildman–Crippen MR) is 120 cm³/mol. The number of benzene rings is 2. The van der Waals surface area contributed by atoms with Crippen molar-refractivity contribution in [3.8, 4) is 11.8 Å². The topological polar surface area (TPSA) is 62.1 Å². The Hall–Kier alpha value is -2.19. The highest BCUT2D eigenvalue weighted by Gasteiger charge is 2.13. The van der Waals surface area contributed by atoms with Crippen LogP contribution >= 0.6 is 34.8 Å². The van der Waals surface area contributed by atoms with Crippen molar-refractivity contribution in [2.75, 3.05) is 11.9 Å². The molecule has 0 fully saturated rings.